The molecule has 0 saturated heterocycles. The summed E-state index contributed by atoms with van der Waals surface area (Å²) in [5.74, 6) is 1.12. The predicted molar refractivity (Wildman–Crippen MR) is 47.3 cm³/mol. The minimum atomic E-state index is -0.122. The molecule has 0 heterocycles. The number of aliphatic hydroxyl groups is 1. The zero-order valence-electron chi connectivity index (χ0n) is 7.51. The highest BCUT2D eigenvalue weighted by Crippen LogP contribution is 2.33. The van der Waals surface area contributed by atoms with Crippen molar-refractivity contribution in [2.75, 3.05) is 0 Å². The fourth-order valence-electron chi connectivity index (χ4n) is 1.85. The van der Waals surface area contributed by atoms with E-state index in [1.54, 1.807) is 0 Å². The van der Waals surface area contributed by atoms with Crippen LogP contribution in [0.5, 0.6) is 0 Å². The molecule has 1 aliphatic rings. The third kappa shape index (κ3) is 1.84. The van der Waals surface area contributed by atoms with Crippen molar-refractivity contribution in [2.24, 2.45) is 11.8 Å². The van der Waals surface area contributed by atoms with Crippen LogP contribution in [0.2, 0.25) is 0 Å². The second-order valence-electron chi connectivity index (χ2n) is 3.73. The third-order valence-corrected chi connectivity index (χ3v) is 2.89. The van der Waals surface area contributed by atoms with E-state index in [1.165, 1.54) is 5.57 Å². The lowest BCUT2D eigenvalue weighted by Gasteiger charge is -2.32. The molecule has 0 radical (unpaired) electrons. The second-order valence-corrected chi connectivity index (χ2v) is 3.73. The van der Waals surface area contributed by atoms with Gasteiger partial charge in [0, 0.05) is 0 Å². The Morgan fingerprint density at radius 1 is 1.64 bits per heavy atom. The Morgan fingerprint density at radius 2 is 2.27 bits per heavy atom. The van der Waals surface area contributed by atoms with Crippen LogP contribution in [0, 0.1) is 11.8 Å². The normalized spacial score (nSPS) is 39.2. The van der Waals surface area contributed by atoms with Crippen LogP contribution in [0.15, 0.2) is 12.2 Å². The molecule has 1 fully saturated rings. The molecule has 1 nitrogen and oxygen atoms in total. The first kappa shape index (κ1) is 8.79. The molecule has 1 rings (SSSR count). The molecule has 1 heteroatoms. The SMILES string of the molecule is C=C1C[C@H](O)[C@H](CC)C[C@@H]1C. The van der Waals surface area contributed by atoms with Crippen molar-refractivity contribution in [3.05, 3.63) is 12.2 Å². The van der Waals surface area contributed by atoms with Gasteiger partial charge in [-0.1, -0.05) is 32.4 Å². The smallest absolute Gasteiger partial charge is 0.0605 e. The number of hydrogen-bond donors (Lipinski definition) is 1. The summed E-state index contributed by atoms with van der Waals surface area (Å²) in [6.45, 7) is 8.31. The zero-order chi connectivity index (χ0) is 8.43. The Kier molecular flexibility index (Phi) is 2.72. The van der Waals surface area contributed by atoms with E-state index >= 15 is 0 Å². The molecule has 0 aromatic carbocycles. The first-order valence-corrected chi connectivity index (χ1v) is 4.50. The summed E-state index contributed by atoms with van der Waals surface area (Å²) in [5, 5.41) is 9.60. The van der Waals surface area contributed by atoms with Crippen LogP contribution in [-0.2, 0) is 0 Å². The largest absolute Gasteiger partial charge is 0.393 e. The Hall–Kier alpha value is -0.300. The molecule has 0 spiro atoms. The fraction of sp³-hybridized carbons (Fsp3) is 0.800. The quantitative estimate of drug-likeness (QED) is 0.575. The van der Waals surface area contributed by atoms with E-state index in [0.29, 0.717) is 11.8 Å². The van der Waals surface area contributed by atoms with Crippen molar-refractivity contribution >= 4 is 0 Å². The number of rotatable bonds is 1. The maximum Gasteiger partial charge on any atom is 0.0605 e. The summed E-state index contributed by atoms with van der Waals surface area (Å²) in [4.78, 5) is 0. The summed E-state index contributed by atoms with van der Waals surface area (Å²) in [6, 6.07) is 0. The summed E-state index contributed by atoms with van der Waals surface area (Å²) in [7, 11) is 0. The molecular weight excluding hydrogens is 136 g/mol. The molecule has 0 bridgehead atoms. The van der Waals surface area contributed by atoms with Crippen molar-refractivity contribution in [2.45, 2.75) is 39.2 Å². The molecular formula is C10H18O. The van der Waals surface area contributed by atoms with Crippen LogP contribution >= 0.6 is 0 Å². The Labute approximate surface area is 69.1 Å². The van der Waals surface area contributed by atoms with Gasteiger partial charge in [-0.15, -0.1) is 0 Å². The molecule has 1 N–H and O–H groups in total. The van der Waals surface area contributed by atoms with Crippen molar-refractivity contribution < 1.29 is 5.11 Å². The van der Waals surface area contributed by atoms with Crippen LogP contribution in [0.4, 0.5) is 0 Å². The summed E-state index contributed by atoms with van der Waals surface area (Å²) < 4.78 is 0. The Bertz CT molecular complexity index is 151. The molecule has 1 aliphatic carbocycles. The van der Waals surface area contributed by atoms with Crippen molar-refractivity contribution in [1.29, 1.82) is 0 Å². The van der Waals surface area contributed by atoms with Gasteiger partial charge in [0.25, 0.3) is 0 Å². The van der Waals surface area contributed by atoms with Crippen LogP contribution < -0.4 is 0 Å². The summed E-state index contributed by atoms with van der Waals surface area (Å²) in [5.41, 5.74) is 1.22. The van der Waals surface area contributed by atoms with Gasteiger partial charge in [0.15, 0.2) is 0 Å². The van der Waals surface area contributed by atoms with Gasteiger partial charge < -0.3 is 5.11 Å². The van der Waals surface area contributed by atoms with Crippen LogP contribution in [-0.4, -0.2) is 11.2 Å². The van der Waals surface area contributed by atoms with Crippen molar-refractivity contribution in [3.8, 4) is 0 Å². The first-order chi connectivity index (χ1) is 5.15. The van der Waals surface area contributed by atoms with Gasteiger partial charge in [0.1, 0.15) is 0 Å². The van der Waals surface area contributed by atoms with E-state index in [9.17, 15) is 5.11 Å². The summed E-state index contributed by atoms with van der Waals surface area (Å²) >= 11 is 0. The van der Waals surface area contributed by atoms with E-state index in [-0.39, 0.29) is 6.10 Å². The third-order valence-electron chi connectivity index (χ3n) is 2.89. The van der Waals surface area contributed by atoms with Gasteiger partial charge in [0.05, 0.1) is 6.10 Å². The van der Waals surface area contributed by atoms with Gasteiger partial charge in [0.2, 0.25) is 0 Å². The van der Waals surface area contributed by atoms with Crippen molar-refractivity contribution in [3.63, 3.8) is 0 Å². The lowest BCUT2D eigenvalue weighted by molar-refractivity contribution is 0.0737. The Balaban J connectivity index is 2.54. The Morgan fingerprint density at radius 3 is 2.82 bits per heavy atom. The molecule has 0 aromatic rings. The van der Waals surface area contributed by atoms with Gasteiger partial charge in [-0.05, 0) is 24.7 Å². The first-order valence-electron chi connectivity index (χ1n) is 4.50. The molecule has 0 aliphatic heterocycles. The topological polar surface area (TPSA) is 20.2 Å². The molecule has 0 aromatic heterocycles. The van der Waals surface area contributed by atoms with Crippen LogP contribution in [0.3, 0.4) is 0 Å². The molecule has 64 valence electrons. The zero-order valence-corrected chi connectivity index (χ0v) is 7.51. The molecule has 11 heavy (non-hydrogen) atoms. The minimum Gasteiger partial charge on any atom is -0.393 e. The van der Waals surface area contributed by atoms with E-state index in [2.05, 4.69) is 20.4 Å². The lowest BCUT2D eigenvalue weighted by Crippen LogP contribution is -2.28. The van der Waals surface area contributed by atoms with E-state index in [1.807, 2.05) is 0 Å². The van der Waals surface area contributed by atoms with Gasteiger partial charge in [-0.25, -0.2) is 0 Å². The van der Waals surface area contributed by atoms with Crippen LogP contribution in [0.1, 0.15) is 33.1 Å². The molecule has 1 saturated carbocycles. The second kappa shape index (κ2) is 3.40. The van der Waals surface area contributed by atoms with E-state index in [4.69, 9.17) is 0 Å². The number of hydrogen-bond acceptors (Lipinski definition) is 1. The predicted octanol–water partition coefficient (Wildman–Crippen LogP) is 2.36. The maximum atomic E-state index is 9.60. The fourth-order valence-corrected chi connectivity index (χ4v) is 1.85. The van der Waals surface area contributed by atoms with Gasteiger partial charge >= 0.3 is 0 Å². The van der Waals surface area contributed by atoms with Crippen molar-refractivity contribution in [1.82, 2.24) is 0 Å². The highest BCUT2D eigenvalue weighted by atomic mass is 16.3. The monoisotopic (exact) mass is 154 g/mol. The van der Waals surface area contributed by atoms with Gasteiger partial charge in [-0.3, -0.25) is 0 Å². The van der Waals surface area contributed by atoms with Crippen LogP contribution in [0.25, 0.3) is 0 Å². The highest BCUT2D eigenvalue weighted by molar-refractivity contribution is 5.06. The average Bonchev–Trinajstić information content (AvgIpc) is 1.97. The standard InChI is InChI=1S/C10H18O/c1-4-9-5-7(2)8(3)6-10(9)11/h7,9-11H,3-6H2,1-2H3/t7-,9+,10-/m0/s1. The van der Waals surface area contributed by atoms with E-state index in [0.717, 1.165) is 19.3 Å². The molecule has 0 unspecified atom stereocenters. The number of aliphatic hydroxyl groups excluding tert-OH is 1. The molecule has 0 amide bonds. The highest BCUT2D eigenvalue weighted by Gasteiger charge is 2.27. The maximum absolute atomic E-state index is 9.60. The van der Waals surface area contributed by atoms with Gasteiger partial charge in [-0.2, -0.15) is 0 Å². The van der Waals surface area contributed by atoms with E-state index < -0.39 is 0 Å². The summed E-state index contributed by atoms with van der Waals surface area (Å²) in [6.07, 6.45) is 2.92. The lowest BCUT2D eigenvalue weighted by atomic mass is 9.76. The average molecular weight is 154 g/mol. The molecule has 3 atom stereocenters. The minimum absolute atomic E-state index is 0.122.